The van der Waals surface area contributed by atoms with Crippen molar-refractivity contribution in [2.45, 2.75) is 31.6 Å². The maximum absolute atomic E-state index is 13.1. The summed E-state index contributed by atoms with van der Waals surface area (Å²) < 4.78 is 13.1. The van der Waals surface area contributed by atoms with Crippen molar-refractivity contribution in [1.82, 2.24) is 5.32 Å². The highest BCUT2D eigenvalue weighted by atomic mass is 32.2. The zero-order chi connectivity index (χ0) is 12.8. The largest absolute Gasteiger partial charge is 0.508 e. The van der Waals surface area contributed by atoms with Crippen molar-refractivity contribution in [3.8, 4) is 5.75 Å². The number of nitrogens with one attached hydrogen (secondary N) is 1. The number of thioether (sulfide) groups is 1. The third-order valence-electron chi connectivity index (χ3n) is 2.86. The van der Waals surface area contributed by atoms with E-state index < -0.39 is 0 Å². The van der Waals surface area contributed by atoms with Crippen molar-refractivity contribution >= 4 is 11.8 Å². The summed E-state index contributed by atoms with van der Waals surface area (Å²) >= 11 is 1.83. The lowest BCUT2D eigenvalue weighted by molar-refractivity contribution is 0.448. The smallest absolute Gasteiger partial charge is 0.123 e. The van der Waals surface area contributed by atoms with Crippen molar-refractivity contribution in [1.29, 1.82) is 0 Å². The van der Waals surface area contributed by atoms with Crippen LogP contribution in [0.25, 0.3) is 0 Å². The number of rotatable bonds is 6. The van der Waals surface area contributed by atoms with Crippen LogP contribution in [0.2, 0.25) is 0 Å². The predicted octanol–water partition coefficient (Wildman–Crippen LogP) is 3.32. The molecule has 96 valence electrons. The van der Waals surface area contributed by atoms with Crippen LogP contribution in [0.15, 0.2) is 18.2 Å². The van der Waals surface area contributed by atoms with Gasteiger partial charge in [0, 0.05) is 16.9 Å². The standard InChI is InChI=1S/C13H20FNOS/c1-9(17-3)6-7-15-10(2)12-8-11(14)4-5-13(12)16/h4-5,8-10,15-16H,6-7H2,1-3H3. The number of phenolic OH excluding ortho intramolecular Hbond substituents is 1. The van der Waals surface area contributed by atoms with Crippen LogP contribution in [0.1, 0.15) is 31.9 Å². The minimum Gasteiger partial charge on any atom is -0.508 e. The van der Waals surface area contributed by atoms with Gasteiger partial charge in [-0.1, -0.05) is 6.92 Å². The van der Waals surface area contributed by atoms with Crippen LogP contribution in [-0.4, -0.2) is 23.2 Å². The van der Waals surface area contributed by atoms with Gasteiger partial charge in [-0.25, -0.2) is 4.39 Å². The predicted molar refractivity (Wildman–Crippen MR) is 72.1 cm³/mol. The van der Waals surface area contributed by atoms with E-state index in [4.69, 9.17) is 0 Å². The molecule has 17 heavy (non-hydrogen) atoms. The van der Waals surface area contributed by atoms with Crippen LogP contribution in [-0.2, 0) is 0 Å². The second-order valence-electron chi connectivity index (χ2n) is 4.21. The second kappa shape index (κ2) is 6.87. The monoisotopic (exact) mass is 257 g/mol. The molecule has 0 radical (unpaired) electrons. The van der Waals surface area contributed by atoms with E-state index in [1.54, 1.807) is 0 Å². The Kier molecular flexibility index (Phi) is 5.78. The Morgan fingerprint density at radius 3 is 2.76 bits per heavy atom. The first kappa shape index (κ1) is 14.3. The molecule has 0 heterocycles. The Morgan fingerprint density at radius 2 is 2.12 bits per heavy atom. The first-order valence-electron chi connectivity index (χ1n) is 5.79. The Bertz CT molecular complexity index is 359. The van der Waals surface area contributed by atoms with Gasteiger partial charge in [0.25, 0.3) is 0 Å². The Labute approximate surface area is 107 Å². The van der Waals surface area contributed by atoms with E-state index in [1.165, 1.54) is 18.2 Å². The summed E-state index contributed by atoms with van der Waals surface area (Å²) in [5, 5.41) is 13.5. The molecular weight excluding hydrogens is 237 g/mol. The van der Waals surface area contributed by atoms with Crippen LogP contribution in [0, 0.1) is 5.82 Å². The lowest BCUT2D eigenvalue weighted by atomic mass is 10.1. The molecule has 2 N–H and O–H groups in total. The summed E-state index contributed by atoms with van der Waals surface area (Å²) in [5.41, 5.74) is 0.613. The number of hydrogen-bond donors (Lipinski definition) is 2. The molecular formula is C13H20FNOS. The molecule has 2 nitrogen and oxygen atoms in total. The molecule has 1 rings (SSSR count). The molecule has 0 aromatic heterocycles. The van der Waals surface area contributed by atoms with Gasteiger partial charge in [-0.2, -0.15) is 11.8 Å². The van der Waals surface area contributed by atoms with Crippen LogP contribution < -0.4 is 5.32 Å². The summed E-state index contributed by atoms with van der Waals surface area (Å²) in [7, 11) is 0. The van der Waals surface area contributed by atoms with Crippen molar-refractivity contribution in [2.75, 3.05) is 12.8 Å². The second-order valence-corrected chi connectivity index (χ2v) is 5.49. The normalized spacial score (nSPS) is 14.6. The van der Waals surface area contributed by atoms with Gasteiger partial charge in [0.05, 0.1) is 0 Å². The number of phenols is 1. The molecule has 0 fully saturated rings. The van der Waals surface area contributed by atoms with Gasteiger partial charge >= 0.3 is 0 Å². The molecule has 1 aromatic rings. The molecule has 0 bridgehead atoms. The average Bonchev–Trinajstić information content (AvgIpc) is 2.31. The van der Waals surface area contributed by atoms with E-state index >= 15 is 0 Å². The van der Waals surface area contributed by atoms with Crippen molar-refractivity contribution in [2.24, 2.45) is 0 Å². The third kappa shape index (κ3) is 4.56. The van der Waals surface area contributed by atoms with Crippen LogP contribution in [0.4, 0.5) is 4.39 Å². The van der Waals surface area contributed by atoms with Crippen molar-refractivity contribution in [3.63, 3.8) is 0 Å². The maximum atomic E-state index is 13.1. The maximum Gasteiger partial charge on any atom is 0.123 e. The summed E-state index contributed by atoms with van der Waals surface area (Å²) in [6.45, 7) is 4.97. The van der Waals surface area contributed by atoms with E-state index in [2.05, 4.69) is 18.5 Å². The van der Waals surface area contributed by atoms with Gasteiger partial charge in [0.1, 0.15) is 11.6 Å². The van der Waals surface area contributed by atoms with Gasteiger partial charge < -0.3 is 10.4 Å². The minimum atomic E-state index is -0.316. The number of benzene rings is 1. The van der Waals surface area contributed by atoms with Crippen LogP contribution in [0.5, 0.6) is 5.75 Å². The SMILES string of the molecule is CSC(C)CCNC(C)c1cc(F)ccc1O. The molecule has 4 heteroatoms. The van der Waals surface area contributed by atoms with Crippen molar-refractivity contribution in [3.05, 3.63) is 29.6 Å². The molecule has 0 aliphatic rings. The van der Waals surface area contributed by atoms with Gasteiger partial charge in [0.2, 0.25) is 0 Å². The highest BCUT2D eigenvalue weighted by Crippen LogP contribution is 2.24. The molecule has 2 unspecified atom stereocenters. The molecule has 0 aliphatic carbocycles. The third-order valence-corrected chi connectivity index (χ3v) is 3.90. The van der Waals surface area contributed by atoms with Gasteiger partial charge in [-0.3, -0.25) is 0 Å². The molecule has 0 amide bonds. The first-order valence-corrected chi connectivity index (χ1v) is 7.08. The molecule has 0 saturated carbocycles. The number of aromatic hydroxyl groups is 1. The lowest BCUT2D eigenvalue weighted by Crippen LogP contribution is -2.22. The molecule has 1 aromatic carbocycles. The van der Waals surface area contributed by atoms with E-state index in [9.17, 15) is 9.50 Å². The van der Waals surface area contributed by atoms with E-state index in [1.807, 2.05) is 18.7 Å². The Balaban J connectivity index is 2.52. The van der Waals surface area contributed by atoms with Gasteiger partial charge in [-0.05, 0) is 44.3 Å². The quantitative estimate of drug-likeness (QED) is 0.820. The highest BCUT2D eigenvalue weighted by Gasteiger charge is 2.11. The molecule has 0 aliphatic heterocycles. The summed E-state index contributed by atoms with van der Waals surface area (Å²) in [6, 6.07) is 4.00. The molecule has 0 spiro atoms. The number of hydrogen-bond acceptors (Lipinski definition) is 3. The van der Waals surface area contributed by atoms with E-state index in [0.717, 1.165) is 13.0 Å². The van der Waals surface area contributed by atoms with E-state index in [0.29, 0.717) is 10.8 Å². The highest BCUT2D eigenvalue weighted by molar-refractivity contribution is 7.99. The average molecular weight is 257 g/mol. The fourth-order valence-corrected chi connectivity index (χ4v) is 1.96. The number of halogens is 1. The van der Waals surface area contributed by atoms with Crippen LogP contribution >= 0.6 is 11.8 Å². The fraction of sp³-hybridized carbons (Fsp3) is 0.538. The zero-order valence-corrected chi connectivity index (χ0v) is 11.4. The first-order chi connectivity index (χ1) is 8.04. The summed E-state index contributed by atoms with van der Waals surface area (Å²) in [4.78, 5) is 0. The fourth-order valence-electron chi connectivity index (χ4n) is 1.60. The van der Waals surface area contributed by atoms with Gasteiger partial charge in [0.15, 0.2) is 0 Å². The summed E-state index contributed by atoms with van der Waals surface area (Å²) in [6.07, 6.45) is 3.15. The Hall–Kier alpha value is -0.740. The van der Waals surface area contributed by atoms with Crippen molar-refractivity contribution < 1.29 is 9.50 Å². The Morgan fingerprint density at radius 1 is 1.41 bits per heavy atom. The molecule has 2 atom stereocenters. The minimum absolute atomic E-state index is 0.0419. The van der Waals surface area contributed by atoms with Crippen LogP contribution in [0.3, 0.4) is 0 Å². The topological polar surface area (TPSA) is 32.3 Å². The molecule has 0 saturated heterocycles. The lowest BCUT2D eigenvalue weighted by Gasteiger charge is -2.17. The summed E-state index contributed by atoms with van der Waals surface area (Å²) in [5.74, 6) is -0.173. The van der Waals surface area contributed by atoms with E-state index in [-0.39, 0.29) is 17.6 Å². The zero-order valence-electron chi connectivity index (χ0n) is 10.5. The van der Waals surface area contributed by atoms with Gasteiger partial charge in [-0.15, -0.1) is 0 Å².